The Labute approximate surface area is 113 Å². The SMILES string of the molecule is COC(C)(C)CC(=O)Nc1cnccc1NC1CC1. The molecule has 1 fully saturated rings. The third-order valence-electron chi connectivity index (χ3n) is 3.17. The van der Waals surface area contributed by atoms with Crippen molar-refractivity contribution in [2.75, 3.05) is 17.7 Å². The Balaban J connectivity index is 1.99. The van der Waals surface area contributed by atoms with Gasteiger partial charge in [0.2, 0.25) is 5.91 Å². The molecule has 1 aromatic rings. The summed E-state index contributed by atoms with van der Waals surface area (Å²) >= 11 is 0. The molecule has 2 N–H and O–H groups in total. The summed E-state index contributed by atoms with van der Waals surface area (Å²) in [4.78, 5) is 16.1. The first-order valence-electron chi connectivity index (χ1n) is 6.56. The molecule has 5 nitrogen and oxygen atoms in total. The lowest BCUT2D eigenvalue weighted by molar-refractivity contribution is -0.121. The third kappa shape index (κ3) is 4.21. The number of methoxy groups -OCH3 is 1. The van der Waals surface area contributed by atoms with Gasteiger partial charge in [-0.05, 0) is 32.8 Å². The van der Waals surface area contributed by atoms with Gasteiger partial charge < -0.3 is 15.4 Å². The maximum Gasteiger partial charge on any atom is 0.227 e. The summed E-state index contributed by atoms with van der Waals surface area (Å²) < 4.78 is 5.26. The molecule has 0 atom stereocenters. The molecule has 1 aromatic heterocycles. The quantitative estimate of drug-likeness (QED) is 0.827. The van der Waals surface area contributed by atoms with Crippen LogP contribution in [-0.4, -0.2) is 29.6 Å². The molecule has 1 aliphatic rings. The van der Waals surface area contributed by atoms with Crippen LogP contribution in [0.5, 0.6) is 0 Å². The Morgan fingerprint density at radius 1 is 1.47 bits per heavy atom. The zero-order chi connectivity index (χ0) is 13.9. The average molecular weight is 263 g/mol. The number of rotatable bonds is 6. The lowest BCUT2D eigenvalue weighted by atomic mass is 10.0. The minimum absolute atomic E-state index is 0.0707. The van der Waals surface area contributed by atoms with E-state index in [-0.39, 0.29) is 5.91 Å². The first kappa shape index (κ1) is 13.8. The summed E-state index contributed by atoms with van der Waals surface area (Å²) in [5, 5.41) is 6.27. The molecule has 0 aromatic carbocycles. The van der Waals surface area contributed by atoms with E-state index in [0.29, 0.717) is 12.5 Å². The lowest BCUT2D eigenvalue weighted by Crippen LogP contribution is -2.29. The maximum absolute atomic E-state index is 12.0. The molecule has 2 rings (SSSR count). The molecule has 0 radical (unpaired) electrons. The molecule has 0 saturated heterocycles. The van der Waals surface area contributed by atoms with Gasteiger partial charge >= 0.3 is 0 Å². The smallest absolute Gasteiger partial charge is 0.227 e. The first-order chi connectivity index (χ1) is 9.00. The molecule has 104 valence electrons. The van der Waals surface area contributed by atoms with Crippen LogP contribution >= 0.6 is 0 Å². The van der Waals surface area contributed by atoms with Gasteiger partial charge in [-0.3, -0.25) is 9.78 Å². The standard InChI is InChI=1S/C14H21N3O2/c1-14(2,19-3)8-13(18)17-12-9-15-7-6-11(12)16-10-4-5-10/h6-7,9-10H,4-5,8H2,1-3H3,(H,15,16)(H,17,18). The van der Waals surface area contributed by atoms with E-state index in [2.05, 4.69) is 15.6 Å². The fourth-order valence-corrected chi connectivity index (χ4v) is 1.72. The minimum Gasteiger partial charge on any atom is -0.381 e. The fraction of sp³-hybridized carbons (Fsp3) is 0.571. The Kier molecular flexibility index (Phi) is 4.04. The second-order valence-corrected chi connectivity index (χ2v) is 5.53. The average Bonchev–Trinajstić information content (AvgIpc) is 3.15. The normalized spacial score (nSPS) is 15.1. The number of pyridine rings is 1. The van der Waals surface area contributed by atoms with Crippen LogP contribution in [-0.2, 0) is 9.53 Å². The third-order valence-corrected chi connectivity index (χ3v) is 3.17. The number of anilines is 2. The highest BCUT2D eigenvalue weighted by atomic mass is 16.5. The second kappa shape index (κ2) is 5.57. The molecule has 0 unspecified atom stereocenters. The van der Waals surface area contributed by atoms with Crippen molar-refractivity contribution in [2.24, 2.45) is 0 Å². The predicted molar refractivity (Wildman–Crippen MR) is 75.2 cm³/mol. The zero-order valence-electron chi connectivity index (χ0n) is 11.7. The van der Waals surface area contributed by atoms with Crippen molar-refractivity contribution >= 4 is 17.3 Å². The summed E-state index contributed by atoms with van der Waals surface area (Å²) in [6, 6.07) is 2.42. The first-order valence-corrected chi connectivity index (χ1v) is 6.56. The number of carbonyl (C=O) groups is 1. The molecule has 0 bridgehead atoms. The molecule has 19 heavy (non-hydrogen) atoms. The number of hydrogen-bond acceptors (Lipinski definition) is 4. The summed E-state index contributed by atoms with van der Waals surface area (Å²) in [5.74, 6) is -0.0707. The zero-order valence-corrected chi connectivity index (χ0v) is 11.7. The lowest BCUT2D eigenvalue weighted by Gasteiger charge is -2.22. The fourth-order valence-electron chi connectivity index (χ4n) is 1.72. The largest absolute Gasteiger partial charge is 0.381 e. The van der Waals surface area contributed by atoms with E-state index in [1.807, 2.05) is 19.9 Å². The summed E-state index contributed by atoms with van der Waals surface area (Å²) in [5.41, 5.74) is 1.20. The number of carbonyl (C=O) groups excluding carboxylic acids is 1. The summed E-state index contributed by atoms with van der Waals surface area (Å²) in [6.45, 7) is 3.78. The van der Waals surface area contributed by atoms with Gasteiger partial charge in [-0.25, -0.2) is 0 Å². The van der Waals surface area contributed by atoms with Crippen LogP contribution in [0.3, 0.4) is 0 Å². The number of nitrogens with zero attached hydrogens (tertiary/aromatic N) is 1. The topological polar surface area (TPSA) is 63.2 Å². The van der Waals surface area contributed by atoms with Crippen LogP contribution in [0.1, 0.15) is 33.1 Å². The van der Waals surface area contributed by atoms with Crippen LogP contribution in [0.25, 0.3) is 0 Å². The van der Waals surface area contributed by atoms with E-state index >= 15 is 0 Å². The Morgan fingerprint density at radius 2 is 2.21 bits per heavy atom. The molecular weight excluding hydrogens is 242 g/mol. The van der Waals surface area contributed by atoms with E-state index in [1.54, 1.807) is 19.5 Å². The van der Waals surface area contributed by atoms with Crippen LogP contribution in [0.15, 0.2) is 18.5 Å². The molecule has 5 heteroatoms. The maximum atomic E-state index is 12.0. The van der Waals surface area contributed by atoms with Crippen molar-refractivity contribution in [3.05, 3.63) is 18.5 Å². The number of amides is 1. The molecular formula is C14H21N3O2. The van der Waals surface area contributed by atoms with Gasteiger partial charge in [0.25, 0.3) is 0 Å². The van der Waals surface area contributed by atoms with Crippen molar-refractivity contribution < 1.29 is 9.53 Å². The van der Waals surface area contributed by atoms with E-state index in [4.69, 9.17) is 4.74 Å². The van der Waals surface area contributed by atoms with Gasteiger partial charge in [-0.2, -0.15) is 0 Å². The van der Waals surface area contributed by atoms with Crippen molar-refractivity contribution in [3.8, 4) is 0 Å². The van der Waals surface area contributed by atoms with Gasteiger partial charge in [0.05, 0.1) is 29.6 Å². The van der Waals surface area contributed by atoms with Crippen molar-refractivity contribution in [3.63, 3.8) is 0 Å². The molecule has 1 heterocycles. The van der Waals surface area contributed by atoms with Gasteiger partial charge in [-0.15, -0.1) is 0 Å². The van der Waals surface area contributed by atoms with E-state index in [9.17, 15) is 4.79 Å². The Morgan fingerprint density at radius 3 is 2.84 bits per heavy atom. The van der Waals surface area contributed by atoms with Crippen molar-refractivity contribution in [2.45, 2.75) is 44.8 Å². The minimum atomic E-state index is -0.462. The van der Waals surface area contributed by atoms with Crippen LogP contribution < -0.4 is 10.6 Å². The summed E-state index contributed by atoms with van der Waals surface area (Å²) in [6.07, 6.45) is 6.07. The van der Waals surface area contributed by atoms with Gasteiger partial charge in [0.1, 0.15) is 0 Å². The molecule has 0 spiro atoms. The highest BCUT2D eigenvalue weighted by Crippen LogP contribution is 2.29. The molecule has 0 aliphatic heterocycles. The predicted octanol–water partition coefficient (Wildman–Crippen LogP) is 2.41. The summed E-state index contributed by atoms with van der Waals surface area (Å²) in [7, 11) is 1.61. The monoisotopic (exact) mass is 263 g/mol. The Bertz CT molecular complexity index is 456. The number of ether oxygens (including phenoxy) is 1. The van der Waals surface area contributed by atoms with E-state index < -0.39 is 5.60 Å². The highest BCUT2D eigenvalue weighted by molar-refractivity contribution is 5.94. The number of aromatic nitrogens is 1. The molecule has 1 saturated carbocycles. The van der Waals surface area contributed by atoms with Crippen LogP contribution in [0, 0.1) is 0 Å². The number of nitrogens with one attached hydrogen (secondary N) is 2. The number of hydrogen-bond donors (Lipinski definition) is 2. The van der Waals surface area contributed by atoms with Crippen LogP contribution in [0.2, 0.25) is 0 Å². The molecule has 1 aliphatic carbocycles. The molecule has 1 amide bonds. The van der Waals surface area contributed by atoms with Gasteiger partial charge in [-0.1, -0.05) is 0 Å². The highest BCUT2D eigenvalue weighted by Gasteiger charge is 2.24. The van der Waals surface area contributed by atoms with E-state index in [0.717, 1.165) is 11.4 Å². The van der Waals surface area contributed by atoms with Crippen LogP contribution in [0.4, 0.5) is 11.4 Å². The van der Waals surface area contributed by atoms with Crippen molar-refractivity contribution in [1.82, 2.24) is 4.98 Å². The van der Waals surface area contributed by atoms with Crippen molar-refractivity contribution in [1.29, 1.82) is 0 Å². The Hall–Kier alpha value is -1.62. The van der Waals surface area contributed by atoms with Gasteiger partial charge in [0.15, 0.2) is 0 Å². The van der Waals surface area contributed by atoms with Gasteiger partial charge in [0, 0.05) is 19.3 Å². The van der Waals surface area contributed by atoms with E-state index in [1.165, 1.54) is 12.8 Å². The second-order valence-electron chi connectivity index (χ2n) is 5.53.